The number of carboxylic acid groups (broad SMARTS) is 1. The summed E-state index contributed by atoms with van der Waals surface area (Å²) in [6.45, 7) is 6.49. The monoisotopic (exact) mass is 481 g/mol. The van der Waals surface area contributed by atoms with Crippen molar-refractivity contribution < 1.29 is 23.1 Å². The van der Waals surface area contributed by atoms with Crippen molar-refractivity contribution >= 4 is 5.97 Å². The Balaban J connectivity index is 1.81. The van der Waals surface area contributed by atoms with Crippen LogP contribution in [-0.4, -0.2) is 35.1 Å². The fourth-order valence-corrected chi connectivity index (χ4v) is 6.08. The maximum atomic E-state index is 13.2. The number of alkyl halides is 3. The highest BCUT2D eigenvalue weighted by molar-refractivity contribution is 5.67. The lowest BCUT2D eigenvalue weighted by Gasteiger charge is -2.43. The molecule has 0 bridgehead atoms. The normalized spacial score (nSPS) is 24.6. The molecule has 2 aliphatic rings. The molecular weight excluding hydrogens is 439 g/mol. The van der Waals surface area contributed by atoms with E-state index in [0.717, 1.165) is 50.3 Å². The Morgan fingerprint density at radius 1 is 1.00 bits per heavy atom. The molecule has 0 amide bonds. The zero-order chi connectivity index (χ0) is 24.7. The maximum Gasteiger partial charge on any atom is 0.416 e. The third-order valence-corrected chi connectivity index (χ3v) is 8.06. The minimum atomic E-state index is -4.35. The van der Waals surface area contributed by atoms with Crippen LogP contribution in [0.2, 0.25) is 0 Å². The maximum absolute atomic E-state index is 13.2. The van der Waals surface area contributed by atoms with Crippen molar-refractivity contribution in [2.24, 2.45) is 17.8 Å². The predicted molar refractivity (Wildman–Crippen MR) is 130 cm³/mol. The third-order valence-electron chi connectivity index (χ3n) is 8.06. The second-order valence-electron chi connectivity index (χ2n) is 11.1. The number of carbonyl (C=O) groups is 1. The van der Waals surface area contributed by atoms with Crippen LogP contribution >= 0.6 is 0 Å². The summed E-state index contributed by atoms with van der Waals surface area (Å²) in [7, 11) is 0. The summed E-state index contributed by atoms with van der Waals surface area (Å²) in [6, 6.07) is 5.89. The molecule has 2 unspecified atom stereocenters. The molecule has 0 saturated heterocycles. The summed E-state index contributed by atoms with van der Waals surface area (Å²) >= 11 is 0. The van der Waals surface area contributed by atoms with E-state index in [9.17, 15) is 23.1 Å². The van der Waals surface area contributed by atoms with Crippen LogP contribution < -0.4 is 0 Å². The van der Waals surface area contributed by atoms with E-state index in [1.165, 1.54) is 50.7 Å². The molecule has 192 valence electrons. The highest BCUT2D eigenvalue weighted by Crippen LogP contribution is 2.42. The van der Waals surface area contributed by atoms with Crippen LogP contribution in [0.25, 0.3) is 0 Å². The molecule has 0 spiro atoms. The highest BCUT2D eigenvalue weighted by atomic mass is 19.4. The van der Waals surface area contributed by atoms with Crippen molar-refractivity contribution in [3.05, 3.63) is 35.4 Å². The summed E-state index contributed by atoms with van der Waals surface area (Å²) in [6.07, 6.45) is 7.20. The van der Waals surface area contributed by atoms with Crippen LogP contribution in [0, 0.1) is 17.8 Å². The number of nitrogens with zero attached hydrogens (tertiary/aromatic N) is 1. The Hall–Kier alpha value is -1.56. The summed E-state index contributed by atoms with van der Waals surface area (Å²) in [5, 5.41) is 9.36. The molecular formula is C28H42F3NO2. The van der Waals surface area contributed by atoms with Gasteiger partial charge in [-0.1, -0.05) is 58.1 Å². The van der Waals surface area contributed by atoms with E-state index in [4.69, 9.17) is 0 Å². The lowest BCUT2D eigenvalue weighted by Crippen LogP contribution is -2.45. The van der Waals surface area contributed by atoms with Gasteiger partial charge in [0.1, 0.15) is 0 Å². The zero-order valence-electron chi connectivity index (χ0n) is 20.8. The molecule has 0 heterocycles. The first-order valence-electron chi connectivity index (χ1n) is 13.3. The van der Waals surface area contributed by atoms with E-state index in [2.05, 4.69) is 18.7 Å². The molecule has 2 saturated carbocycles. The lowest BCUT2D eigenvalue weighted by atomic mass is 9.72. The van der Waals surface area contributed by atoms with Gasteiger partial charge in [-0.15, -0.1) is 0 Å². The number of benzene rings is 1. The standard InChI is InChI=1S/C28H42F3NO2/c1-20(2)14-16-32(17-15-21-6-4-3-5-7-21)26-13-8-22(19-27(33)34)18-25(26)23-9-11-24(12-10-23)28(29,30)31/h9-12,20-22,25-26H,3-8,13-19H2,1-2H3,(H,33,34)/t22?,25?,26-/m1/s1. The van der Waals surface area contributed by atoms with Gasteiger partial charge in [-0.05, 0) is 86.6 Å². The minimum absolute atomic E-state index is 0.0684. The smallest absolute Gasteiger partial charge is 0.416 e. The van der Waals surface area contributed by atoms with Gasteiger partial charge in [-0.25, -0.2) is 0 Å². The molecule has 2 aliphatic carbocycles. The molecule has 3 rings (SSSR count). The van der Waals surface area contributed by atoms with Gasteiger partial charge in [0, 0.05) is 12.5 Å². The minimum Gasteiger partial charge on any atom is -0.481 e. The van der Waals surface area contributed by atoms with Gasteiger partial charge in [0.15, 0.2) is 0 Å². The van der Waals surface area contributed by atoms with E-state index in [1.807, 2.05) is 0 Å². The van der Waals surface area contributed by atoms with E-state index in [1.54, 1.807) is 12.1 Å². The molecule has 3 nitrogen and oxygen atoms in total. The molecule has 34 heavy (non-hydrogen) atoms. The van der Waals surface area contributed by atoms with Gasteiger partial charge >= 0.3 is 12.1 Å². The van der Waals surface area contributed by atoms with Crippen LogP contribution in [0.4, 0.5) is 13.2 Å². The number of rotatable bonds is 10. The van der Waals surface area contributed by atoms with Gasteiger partial charge in [0.25, 0.3) is 0 Å². The molecule has 0 aliphatic heterocycles. The van der Waals surface area contributed by atoms with Crippen LogP contribution in [0.3, 0.4) is 0 Å². The molecule has 1 aromatic carbocycles. The quantitative estimate of drug-likeness (QED) is 0.371. The molecule has 1 N–H and O–H groups in total. The van der Waals surface area contributed by atoms with Crippen molar-refractivity contribution in [3.63, 3.8) is 0 Å². The fourth-order valence-electron chi connectivity index (χ4n) is 6.08. The van der Waals surface area contributed by atoms with Gasteiger partial charge in [0.2, 0.25) is 0 Å². The van der Waals surface area contributed by atoms with Gasteiger partial charge in [-0.3, -0.25) is 9.69 Å². The van der Waals surface area contributed by atoms with Gasteiger partial charge in [-0.2, -0.15) is 13.2 Å². The van der Waals surface area contributed by atoms with Crippen molar-refractivity contribution in [2.45, 2.75) is 103 Å². The number of hydrogen-bond donors (Lipinski definition) is 1. The van der Waals surface area contributed by atoms with E-state index >= 15 is 0 Å². The van der Waals surface area contributed by atoms with Crippen LogP contribution in [-0.2, 0) is 11.0 Å². The SMILES string of the molecule is CC(C)CCN(CCC1CCCCC1)[C@@H]1CCC(CC(=O)O)CC1c1ccc(C(F)(F)F)cc1. The first-order valence-corrected chi connectivity index (χ1v) is 13.3. The van der Waals surface area contributed by atoms with Crippen molar-refractivity contribution in [2.75, 3.05) is 13.1 Å². The second-order valence-corrected chi connectivity index (χ2v) is 11.1. The number of carboxylic acids is 1. The second kappa shape index (κ2) is 12.4. The molecule has 2 fully saturated rings. The predicted octanol–water partition coefficient (Wildman–Crippen LogP) is 7.75. The molecule has 0 radical (unpaired) electrons. The number of hydrogen-bond acceptors (Lipinski definition) is 2. The van der Waals surface area contributed by atoms with Gasteiger partial charge in [0.05, 0.1) is 5.56 Å². The fraction of sp³-hybridized carbons (Fsp3) is 0.750. The van der Waals surface area contributed by atoms with Crippen LogP contribution in [0.15, 0.2) is 24.3 Å². The van der Waals surface area contributed by atoms with Crippen molar-refractivity contribution in [1.29, 1.82) is 0 Å². The summed E-state index contributed by atoms with van der Waals surface area (Å²) in [5.74, 6) is 0.724. The molecule has 1 aromatic rings. The average molecular weight is 482 g/mol. The zero-order valence-corrected chi connectivity index (χ0v) is 20.8. The topological polar surface area (TPSA) is 40.5 Å². The molecule has 3 atom stereocenters. The summed E-state index contributed by atoms with van der Waals surface area (Å²) in [5.41, 5.74) is 0.292. The van der Waals surface area contributed by atoms with Crippen LogP contribution in [0.5, 0.6) is 0 Å². The lowest BCUT2D eigenvalue weighted by molar-refractivity contribution is -0.139. The Bertz CT molecular complexity index is 756. The molecule has 6 heteroatoms. The van der Waals surface area contributed by atoms with E-state index in [0.29, 0.717) is 5.92 Å². The Labute approximate surface area is 203 Å². The van der Waals surface area contributed by atoms with E-state index < -0.39 is 17.7 Å². The molecule has 0 aromatic heterocycles. The first kappa shape index (κ1) is 27.0. The first-order chi connectivity index (χ1) is 16.1. The Morgan fingerprint density at radius 2 is 1.68 bits per heavy atom. The van der Waals surface area contributed by atoms with E-state index in [-0.39, 0.29) is 24.3 Å². The summed E-state index contributed by atoms with van der Waals surface area (Å²) in [4.78, 5) is 14.0. The number of halogens is 3. The van der Waals surface area contributed by atoms with Crippen molar-refractivity contribution in [1.82, 2.24) is 4.90 Å². The Kier molecular flexibility index (Phi) is 9.87. The summed E-state index contributed by atoms with van der Waals surface area (Å²) < 4.78 is 39.5. The Morgan fingerprint density at radius 3 is 2.26 bits per heavy atom. The third kappa shape index (κ3) is 8.00. The van der Waals surface area contributed by atoms with Gasteiger partial charge < -0.3 is 5.11 Å². The largest absolute Gasteiger partial charge is 0.481 e. The van der Waals surface area contributed by atoms with Crippen molar-refractivity contribution in [3.8, 4) is 0 Å². The highest BCUT2D eigenvalue weighted by Gasteiger charge is 2.37. The number of aliphatic carboxylic acids is 1. The van der Waals surface area contributed by atoms with Crippen LogP contribution in [0.1, 0.15) is 102 Å². The average Bonchev–Trinajstić information content (AvgIpc) is 2.79.